The van der Waals surface area contributed by atoms with E-state index in [0.717, 1.165) is 5.56 Å². The van der Waals surface area contributed by atoms with E-state index in [1.54, 1.807) is 41.2 Å². The summed E-state index contributed by atoms with van der Waals surface area (Å²) in [4.78, 5) is 24.6. The van der Waals surface area contributed by atoms with E-state index in [4.69, 9.17) is 27.9 Å². The van der Waals surface area contributed by atoms with Crippen LogP contribution in [-0.2, 0) is 16.1 Å². The summed E-state index contributed by atoms with van der Waals surface area (Å²) in [6.07, 6.45) is 2.55. The number of halogens is 2. The summed E-state index contributed by atoms with van der Waals surface area (Å²) in [6, 6.07) is 13.7. The predicted molar refractivity (Wildman–Crippen MR) is 108 cm³/mol. The van der Waals surface area contributed by atoms with Crippen molar-refractivity contribution in [2.24, 2.45) is 0 Å². The summed E-state index contributed by atoms with van der Waals surface area (Å²) in [5.74, 6) is -1.10. The van der Waals surface area contributed by atoms with Crippen LogP contribution in [0, 0.1) is 0 Å². The summed E-state index contributed by atoms with van der Waals surface area (Å²) >= 11 is 12.0. The maximum absolute atomic E-state index is 12.3. The van der Waals surface area contributed by atoms with Crippen LogP contribution in [0.15, 0.2) is 60.9 Å². The highest BCUT2D eigenvalue weighted by molar-refractivity contribution is 6.44. The number of carbonyl (C=O) groups is 2. The van der Waals surface area contributed by atoms with Gasteiger partial charge in [-0.05, 0) is 42.8 Å². The largest absolute Gasteiger partial charge is 0.449 e. The number of hydrogen-bond acceptors (Lipinski definition) is 4. The molecular formula is C20H17Cl2N3O3. The van der Waals surface area contributed by atoms with Gasteiger partial charge in [0.15, 0.2) is 6.10 Å². The van der Waals surface area contributed by atoms with Crippen LogP contribution in [-0.4, -0.2) is 27.8 Å². The van der Waals surface area contributed by atoms with Gasteiger partial charge in [0.25, 0.3) is 5.91 Å². The van der Waals surface area contributed by atoms with Crippen LogP contribution in [0.25, 0.3) is 0 Å². The number of esters is 1. The molecule has 0 bridgehead atoms. The highest BCUT2D eigenvalue weighted by Gasteiger charge is 2.20. The second kappa shape index (κ2) is 8.91. The first-order valence-electron chi connectivity index (χ1n) is 8.46. The molecule has 144 valence electrons. The van der Waals surface area contributed by atoms with Crippen molar-refractivity contribution in [1.82, 2.24) is 9.78 Å². The van der Waals surface area contributed by atoms with Gasteiger partial charge >= 0.3 is 5.97 Å². The van der Waals surface area contributed by atoms with Crippen LogP contribution < -0.4 is 5.32 Å². The van der Waals surface area contributed by atoms with Crippen molar-refractivity contribution in [3.63, 3.8) is 0 Å². The molecule has 0 aliphatic heterocycles. The van der Waals surface area contributed by atoms with Crippen molar-refractivity contribution >= 4 is 40.8 Å². The number of ether oxygens (including phenoxy) is 1. The quantitative estimate of drug-likeness (QED) is 0.602. The second-order valence-corrected chi connectivity index (χ2v) is 6.82. The SMILES string of the molecule is CC(OC(=O)c1ccc(Cn2cccn2)cc1)C(=O)Nc1cccc(Cl)c1Cl. The molecule has 3 rings (SSSR count). The Labute approximate surface area is 172 Å². The maximum Gasteiger partial charge on any atom is 0.338 e. The third kappa shape index (κ3) is 4.91. The topological polar surface area (TPSA) is 73.2 Å². The minimum Gasteiger partial charge on any atom is -0.449 e. The van der Waals surface area contributed by atoms with Gasteiger partial charge in [0.1, 0.15) is 0 Å². The van der Waals surface area contributed by atoms with Gasteiger partial charge in [-0.2, -0.15) is 5.10 Å². The van der Waals surface area contributed by atoms with Crippen molar-refractivity contribution in [3.05, 3.63) is 82.1 Å². The number of aromatic nitrogens is 2. The first-order valence-corrected chi connectivity index (χ1v) is 9.22. The molecule has 3 aromatic rings. The fraction of sp³-hybridized carbons (Fsp3) is 0.150. The van der Waals surface area contributed by atoms with Crippen molar-refractivity contribution in [1.29, 1.82) is 0 Å². The van der Waals surface area contributed by atoms with E-state index >= 15 is 0 Å². The summed E-state index contributed by atoms with van der Waals surface area (Å²) < 4.78 is 7.02. The lowest BCUT2D eigenvalue weighted by atomic mass is 10.1. The average molecular weight is 418 g/mol. The molecule has 6 nitrogen and oxygen atoms in total. The molecule has 2 aromatic carbocycles. The standard InChI is InChI=1S/C20H17Cl2N3O3/c1-13(19(26)24-17-5-2-4-16(21)18(17)22)28-20(27)15-8-6-14(7-9-15)12-25-11-3-10-23-25/h2-11,13H,12H2,1H3,(H,24,26). The van der Waals surface area contributed by atoms with Gasteiger partial charge in [-0.1, -0.05) is 41.4 Å². The maximum atomic E-state index is 12.3. The Balaban J connectivity index is 1.58. The molecule has 0 aliphatic rings. The monoisotopic (exact) mass is 417 g/mol. The Morgan fingerprint density at radius 3 is 2.57 bits per heavy atom. The fourth-order valence-corrected chi connectivity index (χ4v) is 2.79. The molecule has 8 heteroatoms. The van der Waals surface area contributed by atoms with Gasteiger partial charge < -0.3 is 10.1 Å². The van der Waals surface area contributed by atoms with E-state index in [0.29, 0.717) is 22.8 Å². The molecule has 1 aromatic heterocycles. The van der Waals surface area contributed by atoms with E-state index in [9.17, 15) is 9.59 Å². The van der Waals surface area contributed by atoms with Crippen LogP contribution in [0.5, 0.6) is 0 Å². The summed E-state index contributed by atoms with van der Waals surface area (Å²) in [5, 5.41) is 7.28. The molecule has 1 heterocycles. The number of nitrogens with zero attached hydrogens (tertiary/aromatic N) is 2. The van der Waals surface area contributed by atoms with Crippen LogP contribution in [0.4, 0.5) is 5.69 Å². The van der Waals surface area contributed by atoms with E-state index in [-0.39, 0.29) is 5.02 Å². The molecule has 1 amide bonds. The number of carbonyl (C=O) groups excluding carboxylic acids is 2. The molecule has 0 radical (unpaired) electrons. The predicted octanol–water partition coefficient (Wildman–Crippen LogP) is 4.42. The molecule has 0 aliphatic carbocycles. The Kier molecular flexibility index (Phi) is 6.34. The van der Waals surface area contributed by atoms with Gasteiger partial charge in [0.2, 0.25) is 0 Å². The van der Waals surface area contributed by atoms with Crippen molar-refractivity contribution in [2.45, 2.75) is 19.6 Å². The third-order valence-electron chi connectivity index (χ3n) is 3.96. The highest BCUT2D eigenvalue weighted by atomic mass is 35.5. The van der Waals surface area contributed by atoms with E-state index in [1.165, 1.54) is 6.92 Å². The zero-order chi connectivity index (χ0) is 20.1. The van der Waals surface area contributed by atoms with E-state index in [1.807, 2.05) is 24.4 Å². The van der Waals surface area contributed by atoms with Gasteiger partial charge in [-0.25, -0.2) is 4.79 Å². The minimum absolute atomic E-state index is 0.226. The molecule has 1 atom stereocenters. The first kappa shape index (κ1) is 19.9. The Bertz CT molecular complexity index is 973. The molecular weight excluding hydrogens is 401 g/mol. The third-order valence-corrected chi connectivity index (χ3v) is 4.77. The molecule has 1 unspecified atom stereocenters. The molecule has 0 fully saturated rings. The fourth-order valence-electron chi connectivity index (χ4n) is 2.44. The van der Waals surface area contributed by atoms with Crippen LogP contribution in [0.1, 0.15) is 22.8 Å². The van der Waals surface area contributed by atoms with E-state index < -0.39 is 18.0 Å². The zero-order valence-corrected chi connectivity index (χ0v) is 16.4. The molecule has 0 saturated carbocycles. The number of amides is 1. The van der Waals surface area contributed by atoms with Crippen LogP contribution in [0.3, 0.4) is 0 Å². The molecule has 1 N–H and O–H groups in total. The highest BCUT2D eigenvalue weighted by Crippen LogP contribution is 2.29. The zero-order valence-electron chi connectivity index (χ0n) is 14.9. The summed E-state index contributed by atoms with van der Waals surface area (Å²) in [7, 11) is 0. The Morgan fingerprint density at radius 2 is 1.89 bits per heavy atom. The van der Waals surface area contributed by atoms with Crippen molar-refractivity contribution in [2.75, 3.05) is 5.32 Å². The van der Waals surface area contributed by atoms with Crippen molar-refractivity contribution in [3.8, 4) is 0 Å². The Morgan fingerprint density at radius 1 is 1.14 bits per heavy atom. The number of benzene rings is 2. The Hall–Kier alpha value is -2.83. The number of nitrogens with one attached hydrogen (secondary N) is 1. The minimum atomic E-state index is -1.01. The average Bonchev–Trinajstić information content (AvgIpc) is 3.19. The van der Waals surface area contributed by atoms with Gasteiger partial charge in [0.05, 0.1) is 27.8 Å². The number of rotatable bonds is 6. The summed E-state index contributed by atoms with van der Waals surface area (Å²) in [5.41, 5.74) is 1.69. The lowest BCUT2D eigenvalue weighted by Gasteiger charge is -2.14. The normalized spacial score (nSPS) is 11.7. The van der Waals surface area contributed by atoms with E-state index in [2.05, 4.69) is 10.4 Å². The smallest absolute Gasteiger partial charge is 0.338 e. The second-order valence-electron chi connectivity index (χ2n) is 6.04. The van der Waals surface area contributed by atoms with Crippen LogP contribution >= 0.6 is 23.2 Å². The van der Waals surface area contributed by atoms with Gasteiger partial charge in [-0.15, -0.1) is 0 Å². The molecule has 0 saturated heterocycles. The molecule has 0 spiro atoms. The van der Waals surface area contributed by atoms with Gasteiger partial charge in [0, 0.05) is 12.4 Å². The van der Waals surface area contributed by atoms with Gasteiger partial charge in [-0.3, -0.25) is 9.48 Å². The number of hydrogen-bond donors (Lipinski definition) is 1. The number of anilines is 1. The summed E-state index contributed by atoms with van der Waals surface area (Å²) in [6.45, 7) is 2.08. The lowest BCUT2D eigenvalue weighted by Crippen LogP contribution is -2.30. The molecule has 28 heavy (non-hydrogen) atoms. The lowest BCUT2D eigenvalue weighted by molar-refractivity contribution is -0.123. The van der Waals surface area contributed by atoms with Crippen molar-refractivity contribution < 1.29 is 14.3 Å². The first-order chi connectivity index (χ1) is 13.4. The van der Waals surface area contributed by atoms with Crippen LogP contribution in [0.2, 0.25) is 10.0 Å².